The minimum absolute atomic E-state index is 0.256. The predicted octanol–water partition coefficient (Wildman–Crippen LogP) is 3.12. The number of aromatic nitrogens is 2. The molecule has 2 rings (SSSR count). The number of nitrogens with zero attached hydrogens (tertiary/aromatic N) is 2. The molecule has 2 N–H and O–H groups in total. The van der Waals surface area contributed by atoms with Crippen molar-refractivity contribution in [2.24, 2.45) is 12.8 Å². The summed E-state index contributed by atoms with van der Waals surface area (Å²) in [5.74, 6) is 0. The summed E-state index contributed by atoms with van der Waals surface area (Å²) in [6.45, 7) is 2.02. The lowest BCUT2D eigenvalue weighted by molar-refractivity contribution is 0.558. The normalized spacial score (nSPS) is 12.9. The topological polar surface area (TPSA) is 57.0 Å². The van der Waals surface area contributed by atoms with Gasteiger partial charge in [0.15, 0.2) is 5.22 Å². The standard InChI is InChI=1S/C12H15Cl2N3O/c1-3-9-11(13)10(17(2)16-9)6-8(15)7-4-5-18-12(7)14/h4-5,8H,3,6,15H2,1-2H3. The van der Waals surface area contributed by atoms with Gasteiger partial charge < -0.3 is 10.2 Å². The summed E-state index contributed by atoms with van der Waals surface area (Å²) in [6.07, 6.45) is 2.90. The van der Waals surface area contributed by atoms with E-state index < -0.39 is 0 Å². The smallest absolute Gasteiger partial charge is 0.197 e. The number of furan rings is 1. The molecule has 0 aliphatic rings. The predicted molar refractivity (Wildman–Crippen MR) is 71.9 cm³/mol. The number of hydrogen-bond acceptors (Lipinski definition) is 3. The molecule has 0 saturated carbocycles. The molecular formula is C12H15Cl2N3O. The van der Waals surface area contributed by atoms with E-state index in [9.17, 15) is 0 Å². The number of hydrogen-bond donors (Lipinski definition) is 1. The monoisotopic (exact) mass is 287 g/mol. The summed E-state index contributed by atoms with van der Waals surface area (Å²) >= 11 is 12.2. The van der Waals surface area contributed by atoms with Crippen LogP contribution in [-0.2, 0) is 19.9 Å². The molecule has 0 fully saturated rings. The number of halogens is 2. The van der Waals surface area contributed by atoms with E-state index in [4.69, 9.17) is 33.4 Å². The van der Waals surface area contributed by atoms with E-state index in [2.05, 4.69) is 5.10 Å². The molecule has 2 aromatic rings. The largest absolute Gasteiger partial charge is 0.453 e. The first kappa shape index (κ1) is 13.5. The quantitative estimate of drug-likeness (QED) is 0.940. The first-order chi connectivity index (χ1) is 8.54. The fourth-order valence-electron chi connectivity index (χ4n) is 1.93. The van der Waals surface area contributed by atoms with Crippen molar-refractivity contribution in [1.29, 1.82) is 0 Å². The van der Waals surface area contributed by atoms with Gasteiger partial charge in [0.25, 0.3) is 0 Å². The summed E-state index contributed by atoms with van der Waals surface area (Å²) in [5, 5.41) is 5.38. The van der Waals surface area contributed by atoms with Crippen molar-refractivity contribution >= 4 is 23.2 Å². The van der Waals surface area contributed by atoms with E-state index in [1.807, 2.05) is 14.0 Å². The van der Waals surface area contributed by atoms with Gasteiger partial charge in [0.2, 0.25) is 0 Å². The van der Waals surface area contributed by atoms with Crippen molar-refractivity contribution in [2.75, 3.05) is 0 Å². The van der Waals surface area contributed by atoms with Crippen LogP contribution in [0.1, 0.15) is 29.9 Å². The molecule has 0 aromatic carbocycles. The third kappa shape index (κ3) is 2.41. The second-order valence-corrected chi connectivity index (χ2v) is 4.87. The summed E-state index contributed by atoms with van der Waals surface area (Å²) in [5.41, 5.74) is 8.70. The Morgan fingerprint density at radius 3 is 2.72 bits per heavy atom. The average molecular weight is 288 g/mol. The number of rotatable bonds is 4. The van der Waals surface area contributed by atoms with Crippen molar-refractivity contribution in [2.45, 2.75) is 25.8 Å². The van der Waals surface area contributed by atoms with Gasteiger partial charge in [-0.15, -0.1) is 0 Å². The van der Waals surface area contributed by atoms with Crippen molar-refractivity contribution in [1.82, 2.24) is 9.78 Å². The van der Waals surface area contributed by atoms with Crippen molar-refractivity contribution < 1.29 is 4.42 Å². The van der Waals surface area contributed by atoms with Gasteiger partial charge in [-0.2, -0.15) is 5.10 Å². The lowest BCUT2D eigenvalue weighted by atomic mass is 10.1. The Morgan fingerprint density at radius 2 is 2.22 bits per heavy atom. The molecule has 1 atom stereocenters. The van der Waals surface area contributed by atoms with Crippen LogP contribution in [0.4, 0.5) is 0 Å². The zero-order valence-corrected chi connectivity index (χ0v) is 11.8. The maximum atomic E-state index is 6.28. The Balaban J connectivity index is 2.24. The van der Waals surface area contributed by atoms with Gasteiger partial charge in [-0.25, -0.2) is 0 Å². The molecule has 4 nitrogen and oxygen atoms in total. The van der Waals surface area contributed by atoms with Crippen LogP contribution in [0.2, 0.25) is 10.2 Å². The van der Waals surface area contributed by atoms with Crippen LogP contribution in [0.3, 0.4) is 0 Å². The molecule has 18 heavy (non-hydrogen) atoms. The second-order valence-electron chi connectivity index (χ2n) is 4.14. The third-order valence-electron chi connectivity index (χ3n) is 2.96. The minimum Gasteiger partial charge on any atom is -0.453 e. The number of aryl methyl sites for hydroxylation is 2. The van der Waals surface area contributed by atoms with Crippen LogP contribution in [0.5, 0.6) is 0 Å². The van der Waals surface area contributed by atoms with Crippen molar-refractivity contribution in [3.05, 3.63) is 39.5 Å². The Bertz CT molecular complexity index is 548. The Labute approximate surface area is 116 Å². The van der Waals surface area contributed by atoms with Crippen LogP contribution in [0.15, 0.2) is 16.7 Å². The molecule has 2 heterocycles. The van der Waals surface area contributed by atoms with Gasteiger partial charge in [-0.3, -0.25) is 4.68 Å². The summed E-state index contributed by atoms with van der Waals surface area (Å²) < 4.78 is 6.81. The molecule has 6 heteroatoms. The maximum Gasteiger partial charge on any atom is 0.197 e. The first-order valence-electron chi connectivity index (χ1n) is 5.73. The van der Waals surface area contributed by atoms with Crippen molar-refractivity contribution in [3.8, 4) is 0 Å². The van der Waals surface area contributed by atoms with Crippen LogP contribution in [0, 0.1) is 0 Å². The molecule has 0 radical (unpaired) electrons. The lowest BCUT2D eigenvalue weighted by Crippen LogP contribution is -2.15. The molecule has 0 saturated heterocycles. The van der Waals surface area contributed by atoms with Gasteiger partial charge in [-0.1, -0.05) is 18.5 Å². The zero-order valence-electron chi connectivity index (χ0n) is 10.3. The zero-order chi connectivity index (χ0) is 13.3. The molecular weight excluding hydrogens is 273 g/mol. The Kier molecular flexibility index (Phi) is 4.00. The van der Waals surface area contributed by atoms with Gasteiger partial charge >= 0.3 is 0 Å². The Hall–Kier alpha value is -0.970. The molecule has 2 aromatic heterocycles. The highest BCUT2D eigenvalue weighted by atomic mass is 35.5. The van der Waals surface area contributed by atoms with Gasteiger partial charge in [-0.05, 0) is 24.1 Å². The van der Waals surface area contributed by atoms with Crippen LogP contribution in [0.25, 0.3) is 0 Å². The van der Waals surface area contributed by atoms with E-state index in [1.54, 1.807) is 10.7 Å². The van der Waals surface area contributed by atoms with E-state index in [0.29, 0.717) is 16.7 Å². The van der Waals surface area contributed by atoms with E-state index in [0.717, 1.165) is 23.4 Å². The molecule has 0 aliphatic carbocycles. The second kappa shape index (κ2) is 5.34. The van der Waals surface area contributed by atoms with Gasteiger partial charge in [0.05, 0.1) is 22.7 Å². The highest BCUT2D eigenvalue weighted by Gasteiger charge is 2.19. The van der Waals surface area contributed by atoms with Gasteiger partial charge in [0.1, 0.15) is 0 Å². The van der Waals surface area contributed by atoms with Crippen LogP contribution in [-0.4, -0.2) is 9.78 Å². The molecule has 0 aliphatic heterocycles. The van der Waals surface area contributed by atoms with Gasteiger partial charge in [0, 0.05) is 25.1 Å². The molecule has 0 spiro atoms. The summed E-state index contributed by atoms with van der Waals surface area (Å²) in [4.78, 5) is 0. The van der Waals surface area contributed by atoms with E-state index in [1.165, 1.54) is 6.26 Å². The fourth-order valence-corrected chi connectivity index (χ4v) is 2.56. The van der Waals surface area contributed by atoms with Crippen LogP contribution >= 0.6 is 23.2 Å². The maximum absolute atomic E-state index is 6.28. The highest BCUT2D eigenvalue weighted by Crippen LogP contribution is 2.28. The van der Waals surface area contributed by atoms with E-state index >= 15 is 0 Å². The highest BCUT2D eigenvalue weighted by molar-refractivity contribution is 6.32. The molecule has 98 valence electrons. The molecule has 1 unspecified atom stereocenters. The van der Waals surface area contributed by atoms with Crippen LogP contribution < -0.4 is 5.73 Å². The SMILES string of the molecule is CCc1nn(C)c(CC(N)c2ccoc2Cl)c1Cl. The van der Waals surface area contributed by atoms with E-state index in [-0.39, 0.29) is 6.04 Å². The van der Waals surface area contributed by atoms with Crippen molar-refractivity contribution in [3.63, 3.8) is 0 Å². The summed E-state index contributed by atoms with van der Waals surface area (Å²) in [6, 6.07) is 1.52. The Morgan fingerprint density at radius 1 is 1.50 bits per heavy atom. The third-order valence-corrected chi connectivity index (χ3v) is 3.71. The lowest BCUT2D eigenvalue weighted by Gasteiger charge is -2.10. The molecule has 0 amide bonds. The first-order valence-corrected chi connectivity index (χ1v) is 6.48. The average Bonchev–Trinajstić information content (AvgIpc) is 2.87. The molecule has 0 bridgehead atoms. The number of nitrogens with two attached hydrogens (primary N) is 1. The summed E-state index contributed by atoms with van der Waals surface area (Å²) in [7, 11) is 1.87. The minimum atomic E-state index is -0.256. The fraction of sp³-hybridized carbons (Fsp3) is 0.417.